The van der Waals surface area contributed by atoms with Crippen molar-refractivity contribution in [1.29, 1.82) is 0 Å². The topological polar surface area (TPSA) is 44.4 Å². The smallest absolute Gasteiger partial charge is 0.235 e. The van der Waals surface area contributed by atoms with Crippen LogP contribution in [0.4, 0.5) is 0 Å². The predicted molar refractivity (Wildman–Crippen MR) is 82.1 cm³/mol. The van der Waals surface area contributed by atoms with Crippen molar-refractivity contribution >= 4 is 23.2 Å². The summed E-state index contributed by atoms with van der Waals surface area (Å²) in [7, 11) is 0. The molecule has 0 aliphatic carbocycles. The predicted octanol–water partition coefficient (Wildman–Crippen LogP) is 1.27. The molecule has 1 amide bonds. The van der Waals surface area contributed by atoms with Crippen LogP contribution in [-0.4, -0.2) is 35.2 Å². The van der Waals surface area contributed by atoms with E-state index in [0.717, 1.165) is 25.8 Å². The maximum atomic E-state index is 12.5. The van der Waals surface area contributed by atoms with E-state index in [-0.39, 0.29) is 18.0 Å². The highest BCUT2D eigenvalue weighted by atomic mass is 32.1. The fourth-order valence-electron chi connectivity index (χ4n) is 2.91. The zero-order valence-corrected chi connectivity index (χ0v) is 12.2. The molecule has 0 spiro atoms. The summed E-state index contributed by atoms with van der Waals surface area (Å²) < 4.78 is 0. The van der Waals surface area contributed by atoms with Gasteiger partial charge in [0, 0.05) is 6.54 Å². The van der Waals surface area contributed by atoms with Gasteiger partial charge in [-0.05, 0) is 43.6 Å². The lowest BCUT2D eigenvalue weighted by Crippen LogP contribution is -2.66. The van der Waals surface area contributed by atoms with Crippen molar-refractivity contribution < 1.29 is 4.79 Å². The van der Waals surface area contributed by atoms with Crippen LogP contribution in [-0.2, 0) is 11.2 Å². The first-order valence-electron chi connectivity index (χ1n) is 7.15. The molecule has 1 aromatic carbocycles. The van der Waals surface area contributed by atoms with Gasteiger partial charge in [-0.25, -0.2) is 0 Å². The van der Waals surface area contributed by atoms with Crippen LogP contribution in [0, 0.1) is 5.92 Å². The molecule has 2 fully saturated rings. The Morgan fingerprint density at radius 2 is 2.10 bits per heavy atom. The maximum Gasteiger partial charge on any atom is 0.235 e. The molecule has 0 aromatic heterocycles. The summed E-state index contributed by atoms with van der Waals surface area (Å²) in [4.78, 5) is 14.3. The third kappa shape index (κ3) is 2.69. The van der Waals surface area contributed by atoms with Crippen LogP contribution in [0.5, 0.6) is 0 Å². The molecule has 4 nitrogen and oxygen atoms in total. The Bertz CT molecular complexity index is 505. The summed E-state index contributed by atoms with van der Waals surface area (Å²) in [5, 5.41) is 7.15. The van der Waals surface area contributed by atoms with Gasteiger partial charge >= 0.3 is 0 Å². The van der Waals surface area contributed by atoms with E-state index in [1.165, 1.54) is 5.56 Å². The zero-order chi connectivity index (χ0) is 13.9. The van der Waals surface area contributed by atoms with Crippen LogP contribution >= 0.6 is 12.2 Å². The van der Waals surface area contributed by atoms with E-state index < -0.39 is 0 Å². The highest BCUT2D eigenvalue weighted by Crippen LogP contribution is 2.22. The molecule has 2 N–H and O–H groups in total. The molecular formula is C15H19N3OS. The molecule has 3 rings (SSSR count). The average molecular weight is 289 g/mol. The Kier molecular flexibility index (Phi) is 3.98. The minimum Gasteiger partial charge on any atom is -0.346 e. The lowest BCUT2D eigenvalue weighted by atomic mass is 9.92. The number of hydrogen-bond acceptors (Lipinski definition) is 3. The number of carbonyl (C=O) groups is 1. The van der Waals surface area contributed by atoms with E-state index >= 15 is 0 Å². The van der Waals surface area contributed by atoms with Crippen LogP contribution in [0.15, 0.2) is 30.3 Å². The summed E-state index contributed by atoms with van der Waals surface area (Å²) in [6.07, 6.45) is 2.85. The highest BCUT2D eigenvalue weighted by molar-refractivity contribution is 7.80. The van der Waals surface area contributed by atoms with Crippen molar-refractivity contribution in [2.75, 3.05) is 13.1 Å². The number of hydrogen-bond donors (Lipinski definition) is 2. The molecular weight excluding hydrogens is 270 g/mol. The molecule has 2 aliphatic heterocycles. The van der Waals surface area contributed by atoms with E-state index in [2.05, 4.69) is 22.8 Å². The Hall–Kier alpha value is -1.46. The van der Waals surface area contributed by atoms with Crippen LogP contribution < -0.4 is 10.6 Å². The van der Waals surface area contributed by atoms with Gasteiger partial charge in [-0.1, -0.05) is 30.3 Å². The largest absolute Gasteiger partial charge is 0.346 e. The second-order valence-corrected chi connectivity index (χ2v) is 5.74. The van der Waals surface area contributed by atoms with Crippen molar-refractivity contribution in [1.82, 2.24) is 15.5 Å². The van der Waals surface area contributed by atoms with Gasteiger partial charge < -0.3 is 5.32 Å². The summed E-state index contributed by atoms with van der Waals surface area (Å²) in [5.74, 6) is 0.188. The maximum absolute atomic E-state index is 12.5. The first-order valence-corrected chi connectivity index (χ1v) is 7.56. The Labute approximate surface area is 124 Å². The van der Waals surface area contributed by atoms with Crippen LogP contribution in [0.25, 0.3) is 0 Å². The van der Waals surface area contributed by atoms with E-state index in [9.17, 15) is 4.79 Å². The molecule has 2 saturated heterocycles. The lowest BCUT2D eigenvalue weighted by molar-refractivity contribution is -0.135. The summed E-state index contributed by atoms with van der Waals surface area (Å²) in [6, 6.07) is 10.2. The number of benzene rings is 1. The summed E-state index contributed by atoms with van der Waals surface area (Å²) in [6.45, 7) is 1.60. The Morgan fingerprint density at radius 1 is 1.30 bits per heavy atom. The average Bonchev–Trinajstić information content (AvgIpc) is 2.48. The molecule has 2 aliphatic rings. The van der Waals surface area contributed by atoms with Gasteiger partial charge in [-0.3, -0.25) is 15.0 Å². The van der Waals surface area contributed by atoms with Gasteiger partial charge in [0.05, 0.1) is 12.1 Å². The number of nitrogens with zero attached hydrogens (tertiary/aromatic N) is 1. The van der Waals surface area contributed by atoms with Crippen molar-refractivity contribution in [3.05, 3.63) is 35.9 Å². The molecule has 1 aromatic rings. The SMILES string of the molecule is O=C1C2CCCNC2NC(=S)N1CCc1ccccc1. The normalized spacial score (nSPS) is 26.1. The van der Waals surface area contributed by atoms with Gasteiger partial charge in [-0.2, -0.15) is 0 Å². The second-order valence-electron chi connectivity index (χ2n) is 5.36. The molecule has 5 heteroatoms. The quantitative estimate of drug-likeness (QED) is 0.823. The number of amides is 1. The molecule has 2 unspecified atom stereocenters. The molecule has 2 atom stereocenters. The fourth-order valence-corrected chi connectivity index (χ4v) is 3.22. The number of nitrogens with one attached hydrogen (secondary N) is 2. The molecule has 20 heavy (non-hydrogen) atoms. The molecule has 0 saturated carbocycles. The number of fused-ring (bicyclic) bond motifs is 1. The molecule has 106 valence electrons. The Balaban J connectivity index is 1.66. The zero-order valence-electron chi connectivity index (χ0n) is 11.3. The molecule has 0 bridgehead atoms. The van der Waals surface area contributed by atoms with E-state index in [0.29, 0.717) is 11.7 Å². The first kappa shape index (κ1) is 13.5. The number of piperidine rings is 1. The summed E-state index contributed by atoms with van der Waals surface area (Å²) in [5.41, 5.74) is 1.23. The Morgan fingerprint density at radius 3 is 2.90 bits per heavy atom. The van der Waals surface area contributed by atoms with Crippen molar-refractivity contribution in [3.63, 3.8) is 0 Å². The van der Waals surface area contributed by atoms with E-state index in [1.807, 2.05) is 18.2 Å². The molecule has 2 heterocycles. The minimum atomic E-state index is 0.0197. The van der Waals surface area contributed by atoms with Crippen molar-refractivity contribution in [2.45, 2.75) is 25.4 Å². The number of carbonyl (C=O) groups excluding carboxylic acids is 1. The van der Waals surface area contributed by atoms with Crippen molar-refractivity contribution in [3.8, 4) is 0 Å². The summed E-state index contributed by atoms with van der Waals surface area (Å²) >= 11 is 5.34. The van der Waals surface area contributed by atoms with Gasteiger partial charge in [0.1, 0.15) is 0 Å². The molecule has 0 radical (unpaired) electrons. The van der Waals surface area contributed by atoms with Gasteiger partial charge in [0.2, 0.25) is 5.91 Å². The van der Waals surface area contributed by atoms with Gasteiger partial charge in [-0.15, -0.1) is 0 Å². The van der Waals surface area contributed by atoms with Crippen molar-refractivity contribution in [2.24, 2.45) is 5.92 Å². The first-order chi connectivity index (χ1) is 9.75. The minimum absolute atomic E-state index is 0.0197. The van der Waals surface area contributed by atoms with Gasteiger partial charge in [0.15, 0.2) is 5.11 Å². The van der Waals surface area contributed by atoms with Crippen LogP contribution in [0.1, 0.15) is 18.4 Å². The van der Waals surface area contributed by atoms with Crippen LogP contribution in [0.3, 0.4) is 0 Å². The number of rotatable bonds is 3. The lowest BCUT2D eigenvalue weighted by Gasteiger charge is -2.42. The second kappa shape index (κ2) is 5.89. The number of thiocarbonyl (C=S) groups is 1. The third-order valence-corrected chi connectivity index (χ3v) is 4.37. The monoisotopic (exact) mass is 289 g/mol. The highest BCUT2D eigenvalue weighted by Gasteiger charge is 2.39. The standard InChI is InChI=1S/C15H19N3OS/c19-14-12-7-4-9-16-13(12)17-15(20)18(14)10-8-11-5-2-1-3-6-11/h1-3,5-6,12-13,16H,4,7-10H2,(H,17,20). The third-order valence-electron chi connectivity index (χ3n) is 4.03. The van der Waals surface area contributed by atoms with E-state index in [4.69, 9.17) is 12.2 Å². The van der Waals surface area contributed by atoms with Crippen LogP contribution in [0.2, 0.25) is 0 Å². The van der Waals surface area contributed by atoms with Gasteiger partial charge in [0.25, 0.3) is 0 Å². The fraction of sp³-hybridized carbons (Fsp3) is 0.467. The van der Waals surface area contributed by atoms with E-state index in [1.54, 1.807) is 4.90 Å².